The number of carbonyl (C=O) groups excluding carboxylic acids is 1. The van der Waals surface area contributed by atoms with Crippen LogP contribution in [-0.4, -0.2) is 22.8 Å². The summed E-state index contributed by atoms with van der Waals surface area (Å²) in [5.41, 5.74) is 4.03. The Bertz CT molecular complexity index is 732. The average molecular weight is 343 g/mol. The van der Waals surface area contributed by atoms with Crippen LogP contribution >= 0.6 is 0 Å². The molecule has 0 fully saturated rings. The van der Waals surface area contributed by atoms with Gasteiger partial charge in [0, 0.05) is 18.3 Å². The second-order valence-corrected chi connectivity index (χ2v) is 6.93. The summed E-state index contributed by atoms with van der Waals surface area (Å²) in [4.78, 5) is 12.9. The third-order valence-electron chi connectivity index (χ3n) is 4.83. The predicted molar refractivity (Wildman–Crippen MR) is 99.8 cm³/mol. The molecule has 2 atom stereocenters. The third kappa shape index (κ3) is 4.03. The molecule has 0 spiro atoms. The highest BCUT2D eigenvalue weighted by molar-refractivity contribution is 5.84. The van der Waals surface area contributed by atoms with Crippen molar-refractivity contribution in [1.29, 1.82) is 0 Å². The van der Waals surface area contributed by atoms with Crippen LogP contribution in [0, 0.1) is 19.8 Å². The molecule has 25 heavy (non-hydrogen) atoms. The molecule has 5 nitrogen and oxygen atoms in total. The standard InChI is InChI=1S/C20H29N3O2/c1-12(2)19(16-8-10-17(25-7)11-9-16)21-20(24)13(3)18-14(4)22-23(6)15(18)5/h8-13,19H,1-7H3,(H,21,24)/t13-,19-/m0/s1. The van der Waals surface area contributed by atoms with E-state index in [2.05, 4.69) is 24.3 Å². The minimum absolute atomic E-state index is 0.0220. The molecule has 1 heterocycles. The molecule has 0 aliphatic carbocycles. The lowest BCUT2D eigenvalue weighted by Crippen LogP contribution is -2.34. The van der Waals surface area contributed by atoms with Gasteiger partial charge in [-0.05, 0) is 44.4 Å². The molecule has 5 heteroatoms. The average Bonchev–Trinajstić information content (AvgIpc) is 2.84. The summed E-state index contributed by atoms with van der Waals surface area (Å²) in [7, 11) is 3.56. The molecule has 1 amide bonds. The van der Waals surface area contributed by atoms with Gasteiger partial charge in [0.05, 0.1) is 24.8 Å². The topological polar surface area (TPSA) is 56.1 Å². The summed E-state index contributed by atoms with van der Waals surface area (Å²) in [5, 5.41) is 7.64. The number of carbonyl (C=O) groups is 1. The Balaban J connectivity index is 2.22. The van der Waals surface area contributed by atoms with Crippen molar-refractivity contribution in [1.82, 2.24) is 15.1 Å². The first-order valence-corrected chi connectivity index (χ1v) is 8.70. The molecule has 0 radical (unpaired) electrons. The van der Waals surface area contributed by atoms with Crippen LogP contribution in [0.15, 0.2) is 24.3 Å². The summed E-state index contributed by atoms with van der Waals surface area (Å²) in [5.74, 6) is 0.870. The van der Waals surface area contributed by atoms with Crippen LogP contribution in [0.4, 0.5) is 0 Å². The van der Waals surface area contributed by atoms with Gasteiger partial charge < -0.3 is 10.1 Å². The number of nitrogens with one attached hydrogen (secondary N) is 1. The minimum Gasteiger partial charge on any atom is -0.497 e. The summed E-state index contributed by atoms with van der Waals surface area (Å²) >= 11 is 0. The highest BCUT2D eigenvalue weighted by atomic mass is 16.5. The number of methoxy groups -OCH3 is 1. The van der Waals surface area contributed by atoms with Gasteiger partial charge in [-0.15, -0.1) is 0 Å². The van der Waals surface area contributed by atoms with Gasteiger partial charge in [0.2, 0.25) is 5.91 Å². The zero-order valence-corrected chi connectivity index (χ0v) is 16.3. The Morgan fingerprint density at radius 1 is 1.16 bits per heavy atom. The summed E-state index contributed by atoms with van der Waals surface area (Å²) in [6.45, 7) is 10.1. The maximum absolute atomic E-state index is 12.9. The van der Waals surface area contributed by atoms with Crippen LogP contribution in [0.5, 0.6) is 5.75 Å². The zero-order valence-electron chi connectivity index (χ0n) is 16.3. The number of aryl methyl sites for hydroxylation is 2. The van der Waals surface area contributed by atoms with E-state index in [1.54, 1.807) is 7.11 Å². The normalized spacial score (nSPS) is 13.6. The van der Waals surface area contributed by atoms with Gasteiger partial charge in [-0.3, -0.25) is 9.48 Å². The first-order valence-electron chi connectivity index (χ1n) is 8.70. The molecule has 2 rings (SSSR count). The van der Waals surface area contributed by atoms with E-state index in [0.717, 1.165) is 28.3 Å². The number of aromatic nitrogens is 2. The molecular weight excluding hydrogens is 314 g/mol. The first kappa shape index (κ1) is 19.0. The Kier molecular flexibility index (Phi) is 5.88. The van der Waals surface area contributed by atoms with Crippen LogP contribution in [0.2, 0.25) is 0 Å². The predicted octanol–water partition coefficient (Wildman–Crippen LogP) is 3.66. The maximum atomic E-state index is 12.9. The van der Waals surface area contributed by atoms with Crippen molar-refractivity contribution in [3.05, 3.63) is 46.8 Å². The number of amides is 1. The Hall–Kier alpha value is -2.30. The molecule has 0 saturated carbocycles. The van der Waals surface area contributed by atoms with E-state index >= 15 is 0 Å². The van der Waals surface area contributed by atoms with Crippen molar-refractivity contribution in [2.45, 2.75) is 46.6 Å². The summed E-state index contributed by atoms with van der Waals surface area (Å²) in [6, 6.07) is 7.83. The largest absolute Gasteiger partial charge is 0.497 e. The van der Waals surface area contributed by atoms with Crippen molar-refractivity contribution >= 4 is 5.91 Å². The highest BCUT2D eigenvalue weighted by Gasteiger charge is 2.26. The molecule has 0 aliphatic rings. The van der Waals surface area contributed by atoms with E-state index < -0.39 is 0 Å². The van der Waals surface area contributed by atoms with E-state index in [1.807, 2.05) is 56.8 Å². The van der Waals surface area contributed by atoms with Gasteiger partial charge in [0.1, 0.15) is 5.75 Å². The Morgan fingerprint density at radius 2 is 1.76 bits per heavy atom. The molecule has 1 N–H and O–H groups in total. The lowest BCUT2D eigenvalue weighted by atomic mass is 9.93. The zero-order chi connectivity index (χ0) is 18.7. The monoisotopic (exact) mass is 343 g/mol. The van der Waals surface area contributed by atoms with E-state index in [1.165, 1.54) is 0 Å². The highest BCUT2D eigenvalue weighted by Crippen LogP contribution is 2.27. The Labute approximate surface area is 150 Å². The fourth-order valence-electron chi connectivity index (χ4n) is 3.27. The van der Waals surface area contributed by atoms with E-state index in [4.69, 9.17) is 4.74 Å². The molecule has 0 bridgehead atoms. The number of hydrogen-bond donors (Lipinski definition) is 1. The molecule has 2 aromatic rings. The van der Waals surface area contributed by atoms with Gasteiger partial charge in [-0.2, -0.15) is 5.10 Å². The number of hydrogen-bond acceptors (Lipinski definition) is 3. The number of rotatable bonds is 6. The molecule has 0 aliphatic heterocycles. The van der Waals surface area contributed by atoms with Gasteiger partial charge in [0.25, 0.3) is 0 Å². The lowest BCUT2D eigenvalue weighted by Gasteiger charge is -2.25. The van der Waals surface area contributed by atoms with Crippen molar-refractivity contribution in [2.75, 3.05) is 7.11 Å². The van der Waals surface area contributed by atoms with Crippen LogP contribution in [-0.2, 0) is 11.8 Å². The van der Waals surface area contributed by atoms with Crippen molar-refractivity contribution in [2.24, 2.45) is 13.0 Å². The molecule has 136 valence electrons. The number of nitrogens with zero attached hydrogens (tertiary/aromatic N) is 2. The van der Waals surface area contributed by atoms with Crippen molar-refractivity contribution in [3.63, 3.8) is 0 Å². The second-order valence-electron chi connectivity index (χ2n) is 6.93. The fourth-order valence-corrected chi connectivity index (χ4v) is 3.27. The summed E-state index contributed by atoms with van der Waals surface area (Å²) in [6.07, 6.45) is 0. The smallest absolute Gasteiger partial charge is 0.227 e. The second kappa shape index (κ2) is 7.72. The molecular formula is C20H29N3O2. The van der Waals surface area contributed by atoms with Crippen LogP contribution in [0.25, 0.3) is 0 Å². The van der Waals surface area contributed by atoms with Crippen molar-refractivity contribution < 1.29 is 9.53 Å². The van der Waals surface area contributed by atoms with Crippen LogP contribution in [0.1, 0.15) is 55.2 Å². The van der Waals surface area contributed by atoms with Crippen LogP contribution in [0.3, 0.4) is 0 Å². The van der Waals surface area contributed by atoms with E-state index in [0.29, 0.717) is 0 Å². The summed E-state index contributed by atoms with van der Waals surface area (Å²) < 4.78 is 7.05. The van der Waals surface area contributed by atoms with Gasteiger partial charge in [-0.25, -0.2) is 0 Å². The lowest BCUT2D eigenvalue weighted by molar-refractivity contribution is -0.123. The Morgan fingerprint density at radius 3 is 2.20 bits per heavy atom. The fraction of sp³-hybridized carbons (Fsp3) is 0.500. The van der Waals surface area contributed by atoms with E-state index in [-0.39, 0.29) is 23.8 Å². The molecule has 1 aromatic carbocycles. The van der Waals surface area contributed by atoms with Gasteiger partial charge in [0.15, 0.2) is 0 Å². The molecule has 0 saturated heterocycles. The van der Waals surface area contributed by atoms with Crippen molar-refractivity contribution in [3.8, 4) is 5.75 Å². The van der Waals surface area contributed by atoms with E-state index in [9.17, 15) is 4.79 Å². The number of benzene rings is 1. The third-order valence-corrected chi connectivity index (χ3v) is 4.83. The number of ether oxygens (including phenoxy) is 1. The minimum atomic E-state index is -0.242. The van der Waals surface area contributed by atoms with Gasteiger partial charge >= 0.3 is 0 Å². The van der Waals surface area contributed by atoms with Gasteiger partial charge in [-0.1, -0.05) is 26.0 Å². The quantitative estimate of drug-likeness (QED) is 0.871. The SMILES string of the molecule is COc1ccc([C@@H](NC(=O)[C@@H](C)c2c(C)nn(C)c2C)C(C)C)cc1. The maximum Gasteiger partial charge on any atom is 0.227 e. The first-order chi connectivity index (χ1) is 11.8. The molecule has 1 aromatic heterocycles. The van der Waals surface area contributed by atoms with Crippen LogP contribution < -0.4 is 10.1 Å². The molecule has 0 unspecified atom stereocenters.